The predicted octanol–water partition coefficient (Wildman–Crippen LogP) is 3.59. The van der Waals surface area contributed by atoms with Gasteiger partial charge in [0.15, 0.2) is 17.3 Å². The summed E-state index contributed by atoms with van der Waals surface area (Å²) >= 11 is 3.08. The van der Waals surface area contributed by atoms with Crippen molar-refractivity contribution in [2.24, 2.45) is 0 Å². The highest BCUT2D eigenvalue weighted by Crippen LogP contribution is 2.35. The molecule has 0 spiro atoms. The number of fused-ring (bicyclic) bond motifs is 1. The molecule has 3 rings (SSSR count). The van der Waals surface area contributed by atoms with Crippen LogP contribution in [0.5, 0.6) is 11.5 Å². The van der Waals surface area contributed by atoms with Crippen molar-refractivity contribution >= 4 is 21.7 Å². The van der Waals surface area contributed by atoms with Crippen LogP contribution in [0.4, 0.5) is 4.39 Å². The molecule has 1 aliphatic heterocycles. The number of ether oxygens (including phenoxy) is 2. The minimum Gasteiger partial charge on any atom is -0.486 e. The van der Waals surface area contributed by atoms with Gasteiger partial charge in [-0.2, -0.15) is 0 Å². The van der Waals surface area contributed by atoms with E-state index in [0.717, 1.165) is 0 Å². The Morgan fingerprint density at radius 2 is 1.75 bits per heavy atom. The van der Waals surface area contributed by atoms with E-state index in [1.807, 2.05) is 0 Å². The molecule has 0 aliphatic carbocycles. The van der Waals surface area contributed by atoms with Crippen LogP contribution in [0.1, 0.15) is 15.9 Å². The summed E-state index contributed by atoms with van der Waals surface area (Å²) in [6.45, 7) is 0.814. The van der Waals surface area contributed by atoms with Crippen molar-refractivity contribution in [3.05, 3.63) is 57.8 Å². The Bertz CT molecular complexity index is 685. The highest BCUT2D eigenvalue weighted by Gasteiger charge is 2.23. The maximum absolute atomic E-state index is 14.0. The van der Waals surface area contributed by atoms with E-state index in [4.69, 9.17) is 9.47 Å². The molecule has 102 valence electrons. The summed E-state index contributed by atoms with van der Waals surface area (Å²) in [7, 11) is 0. The number of rotatable bonds is 2. The summed E-state index contributed by atoms with van der Waals surface area (Å²) < 4.78 is 25.2. The second-order valence-corrected chi connectivity index (χ2v) is 5.11. The largest absolute Gasteiger partial charge is 0.486 e. The molecule has 1 heterocycles. The predicted molar refractivity (Wildman–Crippen MR) is 75.0 cm³/mol. The minimum atomic E-state index is -0.577. The molecular weight excluding hydrogens is 327 g/mol. The topological polar surface area (TPSA) is 35.5 Å². The molecule has 5 heteroatoms. The fraction of sp³-hybridized carbons (Fsp3) is 0.133. The maximum atomic E-state index is 14.0. The number of hydrogen-bond acceptors (Lipinski definition) is 3. The van der Waals surface area contributed by atoms with Gasteiger partial charge in [-0.25, -0.2) is 4.39 Å². The normalized spacial score (nSPS) is 13.1. The lowest BCUT2D eigenvalue weighted by molar-refractivity contribution is 0.102. The zero-order chi connectivity index (χ0) is 14.1. The van der Waals surface area contributed by atoms with Crippen LogP contribution in [-0.4, -0.2) is 19.0 Å². The molecule has 1 aliphatic rings. The minimum absolute atomic E-state index is 0.00180. The van der Waals surface area contributed by atoms with Crippen molar-refractivity contribution in [3.8, 4) is 11.5 Å². The van der Waals surface area contributed by atoms with Crippen molar-refractivity contribution in [3.63, 3.8) is 0 Å². The molecule has 20 heavy (non-hydrogen) atoms. The van der Waals surface area contributed by atoms with Gasteiger partial charge in [0, 0.05) is 0 Å². The summed E-state index contributed by atoms with van der Waals surface area (Å²) in [6.07, 6.45) is 0. The second kappa shape index (κ2) is 5.25. The van der Waals surface area contributed by atoms with Crippen molar-refractivity contribution in [2.75, 3.05) is 13.2 Å². The Labute approximate surface area is 123 Å². The number of benzene rings is 2. The maximum Gasteiger partial charge on any atom is 0.199 e. The quantitative estimate of drug-likeness (QED) is 0.786. The Morgan fingerprint density at radius 3 is 2.60 bits per heavy atom. The van der Waals surface area contributed by atoms with E-state index in [1.54, 1.807) is 30.3 Å². The van der Waals surface area contributed by atoms with E-state index in [0.29, 0.717) is 30.3 Å². The van der Waals surface area contributed by atoms with Gasteiger partial charge >= 0.3 is 0 Å². The Balaban J connectivity index is 2.09. The Hall–Kier alpha value is -1.88. The van der Waals surface area contributed by atoms with E-state index in [-0.39, 0.29) is 10.0 Å². The summed E-state index contributed by atoms with van der Waals surface area (Å²) in [6, 6.07) is 9.64. The van der Waals surface area contributed by atoms with E-state index >= 15 is 0 Å². The van der Waals surface area contributed by atoms with E-state index in [1.165, 1.54) is 6.07 Å². The second-order valence-electron chi connectivity index (χ2n) is 4.26. The molecule has 0 radical (unpaired) electrons. The van der Waals surface area contributed by atoms with Gasteiger partial charge in [-0.3, -0.25) is 4.79 Å². The Kier molecular flexibility index (Phi) is 3.44. The molecule has 0 saturated carbocycles. The van der Waals surface area contributed by atoms with Gasteiger partial charge in [-0.1, -0.05) is 12.1 Å². The molecule has 0 fully saturated rings. The third-order valence-corrected chi connectivity index (χ3v) is 3.62. The number of para-hydroxylation sites is 1. The molecule has 0 N–H and O–H groups in total. The van der Waals surface area contributed by atoms with Crippen molar-refractivity contribution in [2.45, 2.75) is 0 Å². The highest BCUT2D eigenvalue weighted by molar-refractivity contribution is 9.10. The van der Waals surface area contributed by atoms with Gasteiger partial charge in [0.1, 0.15) is 19.0 Å². The number of carbonyl (C=O) groups is 1. The molecule has 0 saturated heterocycles. The van der Waals surface area contributed by atoms with Crippen LogP contribution in [-0.2, 0) is 0 Å². The first-order valence-electron chi connectivity index (χ1n) is 6.06. The van der Waals surface area contributed by atoms with Crippen LogP contribution >= 0.6 is 15.9 Å². The first-order chi connectivity index (χ1) is 9.68. The van der Waals surface area contributed by atoms with E-state index in [2.05, 4.69) is 15.9 Å². The zero-order valence-corrected chi connectivity index (χ0v) is 11.9. The van der Waals surface area contributed by atoms with Gasteiger partial charge in [-0.15, -0.1) is 0 Å². The van der Waals surface area contributed by atoms with Crippen LogP contribution in [0.25, 0.3) is 0 Å². The third-order valence-electron chi connectivity index (χ3n) is 3.01. The van der Waals surface area contributed by atoms with Gasteiger partial charge in [-0.05, 0) is 40.2 Å². The molecule has 0 bridgehead atoms. The number of hydrogen-bond donors (Lipinski definition) is 0. The zero-order valence-electron chi connectivity index (χ0n) is 10.4. The molecular formula is C15H10BrFO3. The fourth-order valence-corrected chi connectivity index (χ4v) is 2.44. The number of ketones is 1. The van der Waals surface area contributed by atoms with Gasteiger partial charge in [0.2, 0.25) is 0 Å². The summed E-state index contributed by atoms with van der Waals surface area (Å²) in [5.41, 5.74) is 0.307. The molecule has 0 atom stereocenters. The van der Waals surface area contributed by atoms with Crippen LogP contribution in [0, 0.1) is 5.82 Å². The van der Waals surface area contributed by atoms with Crippen LogP contribution in [0.2, 0.25) is 0 Å². The fourth-order valence-electron chi connectivity index (χ4n) is 2.08. The van der Waals surface area contributed by atoms with E-state index < -0.39 is 11.6 Å². The lowest BCUT2D eigenvalue weighted by Crippen LogP contribution is -2.18. The van der Waals surface area contributed by atoms with Crippen LogP contribution < -0.4 is 9.47 Å². The monoisotopic (exact) mass is 336 g/mol. The molecule has 3 nitrogen and oxygen atoms in total. The Morgan fingerprint density at radius 1 is 1.05 bits per heavy atom. The number of halogens is 2. The lowest BCUT2D eigenvalue weighted by atomic mass is 10.0. The standard InChI is InChI=1S/C15H10BrFO3/c16-11-5-1-3-9(13(11)17)14(18)10-4-2-6-12-15(10)20-8-7-19-12/h1-6H,7-8H2. The molecule has 0 aromatic heterocycles. The average molecular weight is 337 g/mol. The summed E-state index contributed by atoms with van der Waals surface area (Å²) in [4.78, 5) is 12.5. The van der Waals surface area contributed by atoms with Gasteiger partial charge in [0.25, 0.3) is 0 Å². The first-order valence-corrected chi connectivity index (χ1v) is 6.85. The SMILES string of the molecule is O=C(c1cccc(Br)c1F)c1cccc2c1OCCO2. The average Bonchev–Trinajstić information content (AvgIpc) is 2.49. The molecule has 2 aromatic rings. The highest BCUT2D eigenvalue weighted by atomic mass is 79.9. The van der Waals surface area contributed by atoms with Crippen molar-refractivity contribution in [1.82, 2.24) is 0 Å². The molecule has 0 amide bonds. The smallest absolute Gasteiger partial charge is 0.199 e. The molecule has 2 aromatic carbocycles. The van der Waals surface area contributed by atoms with Crippen molar-refractivity contribution < 1.29 is 18.7 Å². The first kappa shape index (κ1) is 13.1. The van der Waals surface area contributed by atoms with Crippen LogP contribution in [0.15, 0.2) is 40.9 Å². The van der Waals surface area contributed by atoms with Gasteiger partial charge in [0.05, 0.1) is 15.6 Å². The molecule has 0 unspecified atom stereocenters. The number of carbonyl (C=O) groups excluding carboxylic acids is 1. The van der Waals surface area contributed by atoms with E-state index in [9.17, 15) is 9.18 Å². The summed E-state index contributed by atoms with van der Waals surface area (Å²) in [5, 5.41) is 0. The van der Waals surface area contributed by atoms with Crippen LogP contribution in [0.3, 0.4) is 0 Å². The van der Waals surface area contributed by atoms with Crippen molar-refractivity contribution in [1.29, 1.82) is 0 Å². The van der Waals surface area contributed by atoms with Gasteiger partial charge < -0.3 is 9.47 Å². The summed E-state index contributed by atoms with van der Waals surface area (Å²) in [5.74, 6) is -0.112. The third kappa shape index (κ3) is 2.18. The lowest BCUT2D eigenvalue weighted by Gasteiger charge is -2.20.